The van der Waals surface area contributed by atoms with Crippen LogP contribution in [-0.2, 0) is 0 Å². The van der Waals surface area contributed by atoms with E-state index in [4.69, 9.17) is 0 Å². The number of non-ortho nitro benzene ring substituents is 1. The third-order valence-electron chi connectivity index (χ3n) is 2.54. The highest BCUT2D eigenvalue weighted by molar-refractivity contribution is 5.62. The number of hydrogen-bond acceptors (Lipinski definition) is 6. The molecule has 0 fully saturated rings. The third-order valence-corrected chi connectivity index (χ3v) is 2.54. The topological polar surface area (TPSA) is 108 Å². The van der Waals surface area contributed by atoms with Crippen molar-refractivity contribution >= 4 is 17.1 Å². The van der Waals surface area contributed by atoms with Gasteiger partial charge in [-0.25, -0.2) is 0 Å². The molecule has 2 aromatic rings. The molecule has 0 heterocycles. The summed E-state index contributed by atoms with van der Waals surface area (Å²) in [6.07, 6.45) is 0. The number of aryl methyl sites for hydroxylation is 1. The Morgan fingerprint density at radius 1 is 1.05 bits per heavy atom. The molecule has 2 rings (SSSR count). The summed E-state index contributed by atoms with van der Waals surface area (Å²) in [4.78, 5) is 9.98. The molecule has 0 unspecified atom stereocenters. The SMILES string of the molecule is Cc1cc(O)c(N=Nc2ccc([N+](=O)[O-])cc2)c(O)c1. The molecule has 0 amide bonds. The first-order valence-corrected chi connectivity index (χ1v) is 5.66. The van der Waals surface area contributed by atoms with Crippen molar-refractivity contribution in [2.75, 3.05) is 0 Å². The zero-order chi connectivity index (χ0) is 14.7. The second-order valence-corrected chi connectivity index (χ2v) is 4.13. The Morgan fingerprint density at radius 2 is 1.60 bits per heavy atom. The summed E-state index contributed by atoms with van der Waals surface area (Å²) in [5, 5.41) is 37.4. The monoisotopic (exact) mass is 273 g/mol. The van der Waals surface area contributed by atoms with Crippen LogP contribution < -0.4 is 0 Å². The lowest BCUT2D eigenvalue weighted by Gasteiger charge is -2.02. The molecule has 0 aliphatic heterocycles. The number of phenols is 2. The van der Waals surface area contributed by atoms with Gasteiger partial charge in [0, 0.05) is 12.1 Å². The lowest BCUT2D eigenvalue weighted by molar-refractivity contribution is -0.384. The summed E-state index contributed by atoms with van der Waals surface area (Å²) in [6, 6.07) is 8.33. The molecule has 0 saturated carbocycles. The van der Waals surface area contributed by atoms with Crippen LogP contribution >= 0.6 is 0 Å². The van der Waals surface area contributed by atoms with E-state index in [1.807, 2.05) is 0 Å². The zero-order valence-electron chi connectivity index (χ0n) is 10.5. The van der Waals surface area contributed by atoms with E-state index < -0.39 is 4.92 Å². The van der Waals surface area contributed by atoms with Gasteiger partial charge in [0.1, 0.15) is 11.5 Å². The molecule has 20 heavy (non-hydrogen) atoms. The molecule has 0 aliphatic rings. The number of rotatable bonds is 3. The lowest BCUT2D eigenvalue weighted by Crippen LogP contribution is -1.85. The van der Waals surface area contributed by atoms with Gasteiger partial charge in [-0.15, -0.1) is 5.11 Å². The highest BCUT2D eigenvalue weighted by atomic mass is 16.6. The molecular weight excluding hydrogens is 262 g/mol. The molecule has 0 radical (unpaired) electrons. The molecule has 7 nitrogen and oxygen atoms in total. The Bertz CT molecular complexity index is 658. The average molecular weight is 273 g/mol. The highest BCUT2D eigenvalue weighted by Crippen LogP contribution is 2.37. The van der Waals surface area contributed by atoms with Crippen molar-refractivity contribution in [2.45, 2.75) is 6.92 Å². The van der Waals surface area contributed by atoms with E-state index in [-0.39, 0.29) is 22.9 Å². The van der Waals surface area contributed by atoms with Gasteiger partial charge in [-0.05, 0) is 36.8 Å². The number of azo groups is 1. The van der Waals surface area contributed by atoms with Crippen LogP contribution in [0.25, 0.3) is 0 Å². The standard InChI is InChI=1S/C13H11N3O4/c1-8-6-11(17)13(12(18)7-8)15-14-9-2-4-10(5-3-9)16(19)20/h2-7,17-18H,1H3. The number of phenolic OH excluding ortho intramolecular Hbond substituents is 2. The summed E-state index contributed by atoms with van der Waals surface area (Å²) in [5.41, 5.74) is 0.961. The van der Waals surface area contributed by atoms with Crippen LogP contribution in [0.15, 0.2) is 46.6 Å². The molecule has 0 aromatic heterocycles. The highest BCUT2D eigenvalue weighted by Gasteiger charge is 2.08. The Balaban J connectivity index is 2.27. The summed E-state index contributed by atoms with van der Waals surface area (Å²) in [7, 11) is 0. The zero-order valence-corrected chi connectivity index (χ0v) is 10.5. The summed E-state index contributed by atoms with van der Waals surface area (Å²) < 4.78 is 0. The minimum Gasteiger partial charge on any atom is -0.505 e. The van der Waals surface area contributed by atoms with Crippen LogP contribution in [0.2, 0.25) is 0 Å². The van der Waals surface area contributed by atoms with Crippen molar-refractivity contribution < 1.29 is 15.1 Å². The lowest BCUT2D eigenvalue weighted by atomic mass is 10.2. The molecule has 0 spiro atoms. The minimum atomic E-state index is -0.515. The summed E-state index contributed by atoms with van der Waals surface area (Å²) >= 11 is 0. The Morgan fingerprint density at radius 3 is 2.10 bits per heavy atom. The molecular formula is C13H11N3O4. The Hall–Kier alpha value is -2.96. The van der Waals surface area contributed by atoms with E-state index in [1.54, 1.807) is 6.92 Å². The number of benzene rings is 2. The van der Waals surface area contributed by atoms with Gasteiger partial charge in [-0.3, -0.25) is 10.1 Å². The fourth-order valence-corrected chi connectivity index (χ4v) is 1.59. The average Bonchev–Trinajstić information content (AvgIpc) is 2.38. The quantitative estimate of drug-likeness (QED) is 0.504. The normalized spacial score (nSPS) is 10.8. The molecule has 7 heteroatoms. The first-order valence-electron chi connectivity index (χ1n) is 5.66. The smallest absolute Gasteiger partial charge is 0.269 e. The van der Waals surface area contributed by atoms with Crippen LogP contribution in [0.4, 0.5) is 17.1 Å². The van der Waals surface area contributed by atoms with Crippen molar-refractivity contribution in [3.8, 4) is 11.5 Å². The first-order chi connectivity index (χ1) is 9.47. The number of nitro benzene ring substituents is 1. The molecule has 0 atom stereocenters. The van der Waals surface area contributed by atoms with Gasteiger partial charge in [0.15, 0.2) is 5.69 Å². The fourth-order valence-electron chi connectivity index (χ4n) is 1.59. The minimum absolute atomic E-state index is 0.0473. The summed E-state index contributed by atoms with van der Waals surface area (Å²) in [6.45, 7) is 1.72. The molecule has 2 N–H and O–H groups in total. The van der Waals surface area contributed by atoms with Crippen LogP contribution in [0.3, 0.4) is 0 Å². The van der Waals surface area contributed by atoms with E-state index >= 15 is 0 Å². The van der Waals surface area contributed by atoms with E-state index in [2.05, 4.69) is 10.2 Å². The summed E-state index contributed by atoms with van der Waals surface area (Å²) in [5.74, 6) is -0.374. The van der Waals surface area contributed by atoms with Crippen LogP contribution in [0, 0.1) is 17.0 Å². The van der Waals surface area contributed by atoms with Crippen molar-refractivity contribution in [2.24, 2.45) is 10.2 Å². The molecule has 0 aliphatic carbocycles. The maximum Gasteiger partial charge on any atom is 0.269 e. The number of nitro groups is 1. The largest absolute Gasteiger partial charge is 0.505 e. The Kier molecular flexibility index (Phi) is 3.60. The molecule has 0 saturated heterocycles. The van der Waals surface area contributed by atoms with Crippen molar-refractivity contribution in [1.29, 1.82) is 0 Å². The number of hydrogen-bond donors (Lipinski definition) is 2. The number of aromatic hydroxyl groups is 2. The second kappa shape index (κ2) is 5.35. The van der Waals surface area contributed by atoms with Crippen molar-refractivity contribution in [3.63, 3.8) is 0 Å². The van der Waals surface area contributed by atoms with Gasteiger partial charge < -0.3 is 10.2 Å². The predicted octanol–water partition coefficient (Wildman–Crippen LogP) is 3.73. The van der Waals surface area contributed by atoms with E-state index in [0.717, 1.165) is 0 Å². The van der Waals surface area contributed by atoms with Crippen LogP contribution in [0.5, 0.6) is 11.5 Å². The fraction of sp³-hybridized carbons (Fsp3) is 0.0769. The molecule has 2 aromatic carbocycles. The van der Waals surface area contributed by atoms with Crippen LogP contribution in [-0.4, -0.2) is 15.1 Å². The molecule has 0 bridgehead atoms. The van der Waals surface area contributed by atoms with Gasteiger partial charge in [0.25, 0.3) is 5.69 Å². The van der Waals surface area contributed by atoms with E-state index in [9.17, 15) is 20.3 Å². The van der Waals surface area contributed by atoms with Gasteiger partial charge >= 0.3 is 0 Å². The number of nitrogens with zero attached hydrogens (tertiary/aromatic N) is 3. The maximum atomic E-state index is 10.5. The molecule has 102 valence electrons. The van der Waals surface area contributed by atoms with Gasteiger partial charge in [-0.1, -0.05) is 0 Å². The van der Waals surface area contributed by atoms with Gasteiger partial charge in [-0.2, -0.15) is 5.11 Å². The van der Waals surface area contributed by atoms with E-state index in [0.29, 0.717) is 11.3 Å². The van der Waals surface area contributed by atoms with Gasteiger partial charge in [0.2, 0.25) is 0 Å². The van der Waals surface area contributed by atoms with Gasteiger partial charge in [0.05, 0.1) is 10.6 Å². The maximum absolute atomic E-state index is 10.5. The third kappa shape index (κ3) is 2.89. The van der Waals surface area contributed by atoms with Crippen molar-refractivity contribution in [3.05, 3.63) is 52.1 Å². The predicted molar refractivity (Wildman–Crippen MR) is 71.8 cm³/mol. The Labute approximate surface area is 114 Å². The van der Waals surface area contributed by atoms with E-state index in [1.165, 1.54) is 36.4 Å². The second-order valence-electron chi connectivity index (χ2n) is 4.13. The first kappa shape index (κ1) is 13.5. The van der Waals surface area contributed by atoms with Crippen molar-refractivity contribution in [1.82, 2.24) is 0 Å². The van der Waals surface area contributed by atoms with Crippen LogP contribution in [0.1, 0.15) is 5.56 Å².